The number of para-hydroxylation sites is 1. The molecule has 1 aromatic heterocycles. The van der Waals surface area contributed by atoms with Crippen molar-refractivity contribution in [1.82, 2.24) is 9.97 Å². The van der Waals surface area contributed by atoms with Crippen LogP contribution in [0.5, 0.6) is 11.5 Å². The Morgan fingerprint density at radius 3 is 2.55 bits per heavy atom. The molecule has 0 saturated heterocycles. The summed E-state index contributed by atoms with van der Waals surface area (Å²) in [7, 11) is 1.48. The number of hydrogen-bond acceptors (Lipinski definition) is 5. The molecule has 0 aliphatic carbocycles. The first kappa shape index (κ1) is 18.9. The predicted octanol–water partition coefficient (Wildman–Crippen LogP) is 4.58. The maximum Gasteiger partial charge on any atom is 0.344 e. The van der Waals surface area contributed by atoms with Gasteiger partial charge in [0.15, 0.2) is 11.5 Å². The Kier molecular flexibility index (Phi) is 5.14. The van der Waals surface area contributed by atoms with E-state index in [-0.39, 0.29) is 11.3 Å². The van der Waals surface area contributed by atoms with Crippen LogP contribution in [0.1, 0.15) is 10.4 Å². The van der Waals surface area contributed by atoms with Gasteiger partial charge in [-0.2, -0.15) is 0 Å². The van der Waals surface area contributed by atoms with Crippen LogP contribution in [-0.2, 0) is 0 Å². The van der Waals surface area contributed by atoms with E-state index in [0.717, 1.165) is 0 Å². The minimum atomic E-state index is -0.513. The fraction of sp³-hybridized carbons (Fsp3) is 0.0455. The molecule has 1 N–H and O–H groups in total. The molecule has 7 heteroatoms. The van der Waals surface area contributed by atoms with E-state index in [2.05, 4.69) is 25.9 Å². The van der Waals surface area contributed by atoms with Crippen molar-refractivity contribution in [3.05, 3.63) is 87.1 Å². The van der Waals surface area contributed by atoms with Crippen LogP contribution < -0.4 is 15.0 Å². The molecular weight excluding hydrogens is 436 g/mol. The molecule has 0 unspecified atom stereocenters. The quantitative estimate of drug-likeness (QED) is 0.363. The van der Waals surface area contributed by atoms with Gasteiger partial charge >= 0.3 is 5.97 Å². The van der Waals surface area contributed by atoms with Crippen LogP contribution in [0.15, 0.2) is 76.0 Å². The molecule has 6 nitrogen and oxygen atoms in total. The Bertz CT molecular complexity index is 1280. The molecule has 144 valence electrons. The monoisotopic (exact) mass is 450 g/mol. The number of H-pyrrole nitrogens is 1. The van der Waals surface area contributed by atoms with E-state index in [0.29, 0.717) is 38.1 Å². The van der Waals surface area contributed by atoms with Crippen molar-refractivity contribution in [1.29, 1.82) is 0 Å². The maximum absolute atomic E-state index is 12.5. The zero-order valence-electron chi connectivity index (χ0n) is 15.3. The van der Waals surface area contributed by atoms with E-state index < -0.39 is 5.97 Å². The molecule has 0 spiro atoms. The number of halogens is 1. The van der Waals surface area contributed by atoms with Crippen molar-refractivity contribution >= 4 is 32.8 Å². The third-order valence-electron chi connectivity index (χ3n) is 4.35. The van der Waals surface area contributed by atoms with Crippen LogP contribution in [0, 0.1) is 0 Å². The lowest BCUT2D eigenvalue weighted by Crippen LogP contribution is -2.11. The van der Waals surface area contributed by atoms with Crippen LogP contribution in [0.2, 0.25) is 0 Å². The number of hydrogen-bond donors (Lipinski definition) is 1. The molecule has 1 heterocycles. The molecular formula is C22H15BrN2O4. The standard InChI is InChI=1S/C22H15BrN2O4/c1-28-19-12-13(20-24-17-9-5-3-7-15(17)21(26)25-20)10-11-18(19)29-22(27)14-6-2-4-8-16(14)23/h2-12H,1H3,(H,24,25,26). The van der Waals surface area contributed by atoms with Crippen LogP contribution in [0.3, 0.4) is 0 Å². The van der Waals surface area contributed by atoms with Crippen molar-refractivity contribution in [2.45, 2.75) is 0 Å². The zero-order valence-corrected chi connectivity index (χ0v) is 16.9. The zero-order chi connectivity index (χ0) is 20.4. The molecule has 0 radical (unpaired) electrons. The van der Waals surface area contributed by atoms with Crippen molar-refractivity contribution in [3.63, 3.8) is 0 Å². The van der Waals surface area contributed by atoms with E-state index >= 15 is 0 Å². The highest BCUT2D eigenvalue weighted by atomic mass is 79.9. The lowest BCUT2D eigenvalue weighted by atomic mass is 10.1. The fourth-order valence-corrected chi connectivity index (χ4v) is 3.35. The van der Waals surface area contributed by atoms with Crippen molar-refractivity contribution in [2.24, 2.45) is 0 Å². The molecule has 3 aromatic carbocycles. The number of esters is 1. The summed E-state index contributed by atoms with van der Waals surface area (Å²) in [6.07, 6.45) is 0. The van der Waals surface area contributed by atoms with Gasteiger partial charge < -0.3 is 14.5 Å². The Labute approximate surface area is 174 Å². The SMILES string of the molecule is COc1cc(-c2nc3ccccc3c(=O)[nH]2)ccc1OC(=O)c1ccccc1Br. The average Bonchev–Trinajstić information content (AvgIpc) is 2.74. The highest BCUT2D eigenvalue weighted by Gasteiger charge is 2.16. The summed E-state index contributed by atoms with van der Waals surface area (Å²) >= 11 is 3.34. The minimum Gasteiger partial charge on any atom is -0.493 e. The van der Waals surface area contributed by atoms with Crippen molar-refractivity contribution < 1.29 is 14.3 Å². The first-order valence-corrected chi connectivity index (χ1v) is 9.50. The highest BCUT2D eigenvalue weighted by Crippen LogP contribution is 2.32. The molecule has 0 bridgehead atoms. The molecule has 0 atom stereocenters. The Morgan fingerprint density at radius 1 is 1.00 bits per heavy atom. The molecule has 0 amide bonds. The van der Waals surface area contributed by atoms with Crippen LogP contribution in [-0.4, -0.2) is 23.0 Å². The third kappa shape index (κ3) is 3.77. The Balaban J connectivity index is 1.69. The van der Waals surface area contributed by atoms with Crippen LogP contribution in [0.25, 0.3) is 22.3 Å². The third-order valence-corrected chi connectivity index (χ3v) is 5.04. The molecule has 4 rings (SSSR count). The molecule has 4 aromatic rings. The van der Waals surface area contributed by atoms with E-state index in [1.54, 1.807) is 54.6 Å². The first-order valence-electron chi connectivity index (χ1n) is 8.71. The second-order valence-electron chi connectivity index (χ2n) is 6.17. The Hall–Kier alpha value is -3.45. The molecule has 0 aliphatic heterocycles. The predicted molar refractivity (Wildman–Crippen MR) is 113 cm³/mol. The number of nitrogens with one attached hydrogen (secondary N) is 1. The van der Waals surface area contributed by atoms with E-state index in [1.807, 2.05) is 12.1 Å². The van der Waals surface area contributed by atoms with Crippen molar-refractivity contribution in [3.8, 4) is 22.9 Å². The number of nitrogens with zero attached hydrogens (tertiary/aromatic N) is 1. The summed E-state index contributed by atoms with van der Waals surface area (Å²) in [6.45, 7) is 0. The largest absolute Gasteiger partial charge is 0.493 e. The summed E-state index contributed by atoms with van der Waals surface area (Å²) in [4.78, 5) is 32.1. The van der Waals surface area contributed by atoms with E-state index in [1.165, 1.54) is 7.11 Å². The number of aromatic nitrogens is 2. The van der Waals surface area contributed by atoms with Gasteiger partial charge in [0, 0.05) is 10.0 Å². The first-order chi connectivity index (χ1) is 14.1. The number of methoxy groups -OCH3 is 1. The second-order valence-corrected chi connectivity index (χ2v) is 7.02. The van der Waals surface area contributed by atoms with Gasteiger partial charge in [0.05, 0.1) is 23.6 Å². The lowest BCUT2D eigenvalue weighted by molar-refractivity contribution is 0.0729. The van der Waals surface area contributed by atoms with Crippen LogP contribution >= 0.6 is 15.9 Å². The van der Waals surface area contributed by atoms with Gasteiger partial charge in [-0.3, -0.25) is 4.79 Å². The number of aromatic amines is 1. The van der Waals surface area contributed by atoms with Crippen molar-refractivity contribution in [2.75, 3.05) is 7.11 Å². The molecule has 0 aliphatic rings. The fourth-order valence-electron chi connectivity index (χ4n) is 2.90. The normalized spacial score (nSPS) is 10.7. The molecule has 29 heavy (non-hydrogen) atoms. The topological polar surface area (TPSA) is 81.3 Å². The van der Waals surface area contributed by atoms with Gasteiger partial charge in [-0.15, -0.1) is 0 Å². The second kappa shape index (κ2) is 7.89. The lowest BCUT2D eigenvalue weighted by Gasteiger charge is -2.11. The average molecular weight is 451 g/mol. The van der Waals surface area contributed by atoms with Crippen LogP contribution in [0.4, 0.5) is 0 Å². The summed E-state index contributed by atoms with van der Waals surface area (Å²) in [5, 5.41) is 0.516. The minimum absolute atomic E-state index is 0.228. The van der Waals surface area contributed by atoms with Gasteiger partial charge in [-0.25, -0.2) is 9.78 Å². The van der Waals surface area contributed by atoms with Gasteiger partial charge in [-0.1, -0.05) is 24.3 Å². The Morgan fingerprint density at radius 2 is 1.76 bits per heavy atom. The number of fused-ring (bicyclic) bond motifs is 1. The van der Waals surface area contributed by atoms with E-state index in [4.69, 9.17) is 9.47 Å². The van der Waals surface area contributed by atoms with Gasteiger partial charge in [0.1, 0.15) is 5.82 Å². The summed E-state index contributed by atoms with van der Waals surface area (Å²) < 4.78 is 11.5. The maximum atomic E-state index is 12.5. The van der Waals surface area contributed by atoms with Gasteiger partial charge in [0.2, 0.25) is 0 Å². The summed E-state index contributed by atoms with van der Waals surface area (Å²) in [5.74, 6) is 0.496. The summed E-state index contributed by atoms with van der Waals surface area (Å²) in [5.41, 5.74) is 1.40. The highest BCUT2D eigenvalue weighted by molar-refractivity contribution is 9.10. The smallest absolute Gasteiger partial charge is 0.344 e. The number of carbonyl (C=O) groups is 1. The number of rotatable bonds is 4. The number of ether oxygens (including phenoxy) is 2. The number of carbonyl (C=O) groups excluding carboxylic acids is 1. The number of benzene rings is 3. The van der Waals surface area contributed by atoms with E-state index in [9.17, 15) is 9.59 Å². The van der Waals surface area contributed by atoms with Gasteiger partial charge in [-0.05, 0) is 58.4 Å². The molecule has 0 fully saturated rings. The molecule has 0 saturated carbocycles. The summed E-state index contributed by atoms with van der Waals surface area (Å²) in [6, 6.07) is 19.1. The van der Waals surface area contributed by atoms with Gasteiger partial charge in [0.25, 0.3) is 5.56 Å².